The van der Waals surface area contributed by atoms with Crippen LogP contribution in [0.4, 0.5) is 0 Å². The molecule has 1 saturated carbocycles. The summed E-state index contributed by atoms with van der Waals surface area (Å²) in [6, 6.07) is 10.9. The summed E-state index contributed by atoms with van der Waals surface area (Å²) in [5.74, 6) is 0.765. The highest BCUT2D eigenvalue weighted by Crippen LogP contribution is 2.39. The van der Waals surface area contributed by atoms with Crippen LogP contribution in [0.25, 0.3) is 0 Å². The van der Waals surface area contributed by atoms with Gasteiger partial charge in [0.25, 0.3) is 0 Å². The molecule has 1 aromatic rings. The van der Waals surface area contributed by atoms with Gasteiger partial charge in [0.05, 0.1) is 18.2 Å². The smallest absolute Gasteiger partial charge is 0.220 e. The van der Waals surface area contributed by atoms with E-state index < -0.39 is 0 Å². The molecule has 0 unspecified atom stereocenters. The van der Waals surface area contributed by atoms with Gasteiger partial charge in [0, 0.05) is 13.0 Å². The second kappa shape index (κ2) is 8.74. The highest BCUT2D eigenvalue weighted by Gasteiger charge is 2.41. The third kappa shape index (κ3) is 5.11. The minimum atomic E-state index is 0.0823. The summed E-state index contributed by atoms with van der Waals surface area (Å²) in [7, 11) is 0. The Morgan fingerprint density at radius 2 is 1.85 bits per heavy atom. The monoisotopic (exact) mass is 370 g/mol. The number of likely N-dealkylation sites (tertiary alicyclic amines) is 1. The van der Waals surface area contributed by atoms with Crippen LogP contribution in [-0.2, 0) is 16.1 Å². The van der Waals surface area contributed by atoms with Crippen molar-refractivity contribution in [2.24, 2.45) is 5.92 Å². The molecule has 4 rings (SSSR count). The third-order valence-electron chi connectivity index (χ3n) is 6.77. The number of piperidine rings is 1. The van der Waals surface area contributed by atoms with E-state index in [9.17, 15) is 4.79 Å². The first-order chi connectivity index (χ1) is 13.2. The molecule has 1 atom stereocenters. The van der Waals surface area contributed by atoms with Crippen LogP contribution in [0, 0.1) is 5.92 Å². The van der Waals surface area contributed by atoms with E-state index in [1.54, 1.807) is 0 Å². The number of hydrogen-bond acceptors (Lipinski definition) is 3. The molecular weight excluding hydrogens is 336 g/mol. The van der Waals surface area contributed by atoms with Crippen molar-refractivity contribution < 1.29 is 9.53 Å². The van der Waals surface area contributed by atoms with Gasteiger partial charge in [-0.25, -0.2) is 0 Å². The Hall–Kier alpha value is -1.39. The molecule has 4 nitrogen and oxygen atoms in total. The summed E-state index contributed by atoms with van der Waals surface area (Å²) in [5, 5.41) is 3.27. The highest BCUT2D eigenvalue weighted by atomic mass is 16.5. The summed E-state index contributed by atoms with van der Waals surface area (Å²) < 4.78 is 6.13. The molecular formula is C23H34N2O2. The minimum Gasteiger partial charge on any atom is -0.373 e. The maximum Gasteiger partial charge on any atom is 0.220 e. The number of carbonyl (C=O) groups excluding carboxylic acids is 1. The molecule has 1 aromatic carbocycles. The van der Waals surface area contributed by atoms with Gasteiger partial charge in [-0.15, -0.1) is 0 Å². The van der Waals surface area contributed by atoms with Crippen LogP contribution in [0.3, 0.4) is 0 Å². The summed E-state index contributed by atoms with van der Waals surface area (Å²) in [5.41, 5.74) is 1.46. The van der Waals surface area contributed by atoms with Crippen molar-refractivity contribution in [3.05, 3.63) is 35.9 Å². The molecule has 1 spiro atoms. The summed E-state index contributed by atoms with van der Waals surface area (Å²) >= 11 is 0. The van der Waals surface area contributed by atoms with Gasteiger partial charge in [0.1, 0.15) is 0 Å². The van der Waals surface area contributed by atoms with Crippen LogP contribution in [0.1, 0.15) is 63.4 Å². The van der Waals surface area contributed by atoms with Crippen molar-refractivity contribution in [1.29, 1.82) is 0 Å². The zero-order chi connectivity index (χ0) is 18.5. The van der Waals surface area contributed by atoms with Gasteiger partial charge < -0.3 is 10.1 Å². The van der Waals surface area contributed by atoms with Crippen LogP contribution in [0.2, 0.25) is 0 Å². The number of carbonyl (C=O) groups is 1. The lowest BCUT2D eigenvalue weighted by molar-refractivity contribution is -0.123. The molecule has 2 aliphatic heterocycles. The van der Waals surface area contributed by atoms with Gasteiger partial charge in [-0.05, 0) is 56.7 Å². The second-order valence-corrected chi connectivity index (χ2v) is 8.93. The predicted molar refractivity (Wildman–Crippen MR) is 107 cm³/mol. The Kier molecular flexibility index (Phi) is 6.14. The van der Waals surface area contributed by atoms with Gasteiger partial charge in [-0.1, -0.05) is 49.6 Å². The third-order valence-corrected chi connectivity index (χ3v) is 6.77. The van der Waals surface area contributed by atoms with E-state index in [1.807, 2.05) is 0 Å². The summed E-state index contributed by atoms with van der Waals surface area (Å²) in [4.78, 5) is 15.0. The number of benzene rings is 1. The quantitative estimate of drug-likeness (QED) is 0.855. The minimum absolute atomic E-state index is 0.0823. The molecule has 2 saturated heterocycles. The van der Waals surface area contributed by atoms with Gasteiger partial charge in [0.15, 0.2) is 0 Å². The second-order valence-electron chi connectivity index (χ2n) is 8.93. The van der Waals surface area contributed by atoms with E-state index >= 15 is 0 Å². The van der Waals surface area contributed by atoms with Gasteiger partial charge in [0.2, 0.25) is 5.91 Å². The predicted octanol–water partition coefficient (Wildman–Crippen LogP) is 3.90. The first-order valence-electron chi connectivity index (χ1n) is 10.9. The number of amides is 1. The van der Waals surface area contributed by atoms with Gasteiger partial charge in [-0.3, -0.25) is 9.69 Å². The highest BCUT2D eigenvalue weighted by molar-refractivity contribution is 5.76. The number of hydrogen-bond donors (Lipinski definition) is 1. The van der Waals surface area contributed by atoms with Crippen molar-refractivity contribution in [3.8, 4) is 0 Å². The van der Waals surface area contributed by atoms with Gasteiger partial charge in [-0.2, -0.15) is 0 Å². The van der Waals surface area contributed by atoms with Crippen molar-refractivity contribution in [2.75, 3.05) is 19.7 Å². The number of nitrogens with one attached hydrogen (secondary N) is 1. The van der Waals surface area contributed by atoms with E-state index in [1.165, 1.54) is 37.7 Å². The molecule has 1 N–H and O–H groups in total. The summed E-state index contributed by atoms with van der Waals surface area (Å²) in [6.45, 7) is 3.94. The van der Waals surface area contributed by atoms with Crippen LogP contribution in [0.15, 0.2) is 30.3 Å². The standard InChI is InChI=1S/C23H34N2O2/c26-22(24-21-16-23(27-18-21)11-5-2-6-12-23)15-19-9-13-25(14-10-19)17-20-7-3-1-4-8-20/h1,3-4,7-8,19,21H,2,5-6,9-18H2,(H,24,26)/t21-/m0/s1. The zero-order valence-corrected chi connectivity index (χ0v) is 16.5. The maximum absolute atomic E-state index is 12.5. The van der Waals surface area contributed by atoms with E-state index in [0.29, 0.717) is 18.9 Å². The Balaban J connectivity index is 1.17. The molecule has 4 heteroatoms. The Labute approximate surface area is 163 Å². The number of nitrogens with zero attached hydrogens (tertiary/aromatic N) is 1. The topological polar surface area (TPSA) is 41.6 Å². The lowest BCUT2D eigenvalue weighted by Crippen LogP contribution is -2.39. The number of ether oxygens (including phenoxy) is 1. The lowest BCUT2D eigenvalue weighted by atomic mass is 9.82. The fourth-order valence-electron chi connectivity index (χ4n) is 5.22. The molecule has 2 heterocycles. The van der Waals surface area contributed by atoms with E-state index in [0.717, 1.165) is 38.9 Å². The van der Waals surface area contributed by atoms with E-state index in [2.05, 4.69) is 40.5 Å². The molecule has 3 aliphatic rings. The summed E-state index contributed by atoms with van der Waals surface area (Å²) in [6.07, 6.45) is 10.2. The van der Waals surface area contributed by atoms with Crippen molar-refractivity contribution in [2.45, 2.75) is 76.0 Å². The van der Waals surface area contributed by atoms with Crippen LogP contribution < -0.4 is 5.32 Å². The van der Waals surface area contributed by atoms with Crippen molar-refractivity contribution >= 4 is 5.91 Å². The maximum atomic E-state index is 12.5. The largest absolute Gasteiger partial charge is 0.373 e. The van der Waals surface area contributed by atoms with Crippen molar-refractivity contribution in [1.82, 2.24) is 10.2 Å². The normalized spacial score (nSPS) is 26.3. The number of rotatable bonds is 5. The van der Waals surface area contributed by atoms with Gasteiger partial charge >= 0.3 is 0 Å². The first kappa shape index (κ1) is 18.9. The Morgan fingerprint density at radius 1 is 1.11 bits per heavy atom. The molecule has 1 amide bonds. The van der Waals surface area contributed by atoms with Crippen LogP contribution in [0.5, 0.6) is 0 Å². The SMILES string of the molecule is O=C(CC1CCN(Cc2ccccc2)CC1)N[C@@H]1COC2(CCCCC2)C1. The molecule has 3 fully saturated rings. The molecule has 148 valence electrons. The first-order valence-corrected chi connectivity index (χ1v) is 10.9. The Morgan fingerprint density at radius 3 is 2.59 bits per heavy atom. The average molecular weight is 371 g/mol. The fraction of sp³-hybridized carbons (Fsp3) is 0.696. The zero-order valence-electron chi connectivity index (χ0n) is 16.5. The fourth-order valence-corrected chi connectivity index (χ4v) is 5.22. The molecule has 0 radical (unpaired) electrons. The van der Waals surface area contributed by atoms with E-state index in [4.69, 9.17) is 4.74 Å². The molecule has 0 bridgehead atoms. The molecule has 1 aliphatic carbocycles. The molecule has 27 heavy (non-hydrogen) atoms. The molecule has 0 aromatic heterocycles. The van der Waals surface area contributed by atoms with Crippen LogP contribution >= 0.6 is 0 Å². The average Bonchev–Trinajstić information content (AvgIpc) is 3.06. The van der Waals surface area contributed by atoms with E-state index in [-0.39, 0.29) is 17.6 Å². The lowest BCUT2D eigenvalue weighted by Gasteiger charge is -2.32. The van der Waals surface area contributed by atoms with Crippen molar-refractivity contribution in [3.63, 3.8) is 0 Å². The van der Waals surface area contributed by atoms with Crippen LogP contribution in [-0.4, -0.2) is 42.1 Å². The Bertz CT molecular complexity index is 604.